The second kappa shape index (κ2) is 3.02. The first-order chi connectivity index (χ1) is 6.33. The summed E-state index contributed by atoms with van der Waals surface area (Å²) in [5, 5.41) is 4.13. The number of nitrogens with one attached hydrogen (secondary N) is 1. The largest absolute Gasteiger partial charge is 0.359 e. The number of amides is 1. The van der Waals surface area contributed by atoms with Crippen LogP contribution in [-0.4, -0.2) is 24.5 Å². The lowest BCUT2D eigenvalue weighted by molar-refractivity contribution is -0.123. The minimum Gasteiger partial charge on any atom is -0.359 e. The monoisotopic (exact) mass is 179 g/mol. The van der Waals surface area contributed by atoms with Crippen molar-refractivity contribution < 1.29 is 9.63 Å². The summed E-state index contributed by atoms with van der Waals surface area (Å²) < 4.78 is 0. The molecule has 2 rings (SSSR count). The number of anilines is 2. The number of hydroxylamine groups is 1. The number of aromatic nitrogens is 1. The number of carbonyl (C=O) groups excluding carboxylic acids is 1. The summed E-state index contributed by atoms with van der Waals surface area (Å²) in [6, 6.07) is 3.53. The van der Waals surface area contributed by atoms with Gasteiger partial charge in [0.2, 0.25) is 0 Å². The van der Waals surface area contributed by atoms with Gasteiger partial charge in [-0.2, -0.15) is 5.06 Å². The van der Waals surface area contributed by atoms with Crippen LogP contribution in [0.25, 0.3) is 0 Å². The molecule has 13 heavy (non-hydrogen) atoms. The van der Waals surface area contributed by atoms with Crippen LogP contribution in [0.1, 0.15) is 0 Å². The number of hydrogen-bond acceptors (Lipinski definition) is 4. The molecule has 1 aliphatic heterocycles. The summed E-state index contributed by atoms with van der Waals surface area (Å²) in [7, 11) is 1.46. The van der Waals surface area contributed by atoms with Crippen molar-refractivity contribution in [2.24, 2.45) is 0 Å². The number of hydrogen-bond donors (Lipinski definition) is 1. The molecule has 5 heteroatoms. The highest BCUT2D eigenvalue weighted by molar-refractivity contribution is 5.99. The molecular formula is C8H9N3O2. The predicted molar refractivity (Wildman–Crippen MR) is 47.2 cm³/mol. The zero-order valence-corrected chi connectivity index (χ0v) is 7.15. The van der Waals surface area contributed by atoms with Gasteiger partial charge in [-0.25, -0.2) is 4.98 Å². The van der Waals surface area contributed by atoms with Gasteiger partial charge in [-0.3, -0.25) is 9.63 Å². The van der Waals surface area contributed by atoms with E-state index in [0.29, 0.717) is 11.5 Å². The standard InChI is InChI=1S/C8H9N3O2/c1-13-11-6-3-2-4-9-8(6)10-5-7(11)12/h2-4H,5H2,1H3,(H,9,10). The lowest BCUT2D eigenvalue weighted by Crippen LogP contribution is -2.39. The average molecular weight is 179 g/mol. The average Bonchev–Trinajstić information content (AvgIpc) is 2.18. The van der Waals surface area contributed by atoms with Crippen molar-refractivity contribution in [3.8, 4) is 0 Å². The van der Waals surface area contributed by atoms with E-state index < -0.39 is 0 Å². The third-order valence-electron chi connectivity index (χ3n) is 1.82. The van der Waals surface area contributed by atoms with E-state index in [1.54, 1.807) is 18.3 Å². The summed E-state index contributed by atoms with van der Waals surface area (Å²) in [5.41, 5.74) is 0.654. The normalized spacial score (nSPS) is 15.2. The van der Waals surface area contributed by atoms with Crippen LogP contribution in [0, 0.1) is 0 Å². The summed E-state index contributed by atoms with van der Waals surface area (Å²) in [6.07, 6.45) is 1.66. The van der Waals surface area contributed by atoms with Gasteiger partial charge in [-0.15, -0.1) is 0 Å². The quantitative estimate of drug-likeness (QED) is 0.678. The Morgan fingerprint density at radius 1 is 1.69 bits per heavy atom. The lowest BCUT2D eigenvalue weighted by Gasteiger charge is -2.26. The van der Waals surface area contributed by atoms with Gasteiger partial charge in [0.05, 0.1) is 13.7 Å². The van der Waals surface area contributed by atoms with E-state index in [1.165, 1.54) is 12.2 Å². The SMILES string of the molecule is CON1C(=O)CNc2ncccc21. The van der Waals surface area contributed by atoms with Crippen molar-refractivity contribution in [3.63, 3.8) is 0 Å². The van der Waals surface area contributed by atoms with Crippen LogP contribution in [0.2, 0.25) is 0 Å². The molecule has 2 heterocycles. The van der Waals surface area contributed by atoms with Gasteiger partial charge in [-0.1, -0.05) is 0 Å². The highest BCUT2D eigenvalue weighted by Crippen LogP contribution is 2.26. The molecule has 68 valence electrons. The molecule has 0 spiro atoms. The molecule has 1 aliphatic rings. The van der Waals surface area contributed by atoms with Crippen molar-refractivity contribution in [2.45, 2.75) is 0 Å². The van der Waals surface area contributed by atoms with Crippen molar-refractivity contribution in [2.75, 3.05) is 24.0 Å². The van der Waals surface area contributed by atoms with E-state index in [9.17, 15) is 4.79 Å². The molecule has 0 atom stereocenters. The molecule has 1 amide bonds. The Hall–Kier alpha value is -1.62. The fourth-order valence-corrected chi connectivity index (χ4v) is 1.26. The number of fused-ring (bicyclic) bond motifs is 1. The maximum absolute atomic E-state index is 11.3. The Morgan fingerprint density at radius 2 is 2.54 bits per heavy atom. The molecule has 0 bridgehead atoms. The van der Waals surface area contributed by atoms with Crippen LogP contribution in [0.5, 0.6) is 0 Å². The molecule has 1 N–H and O–H groups in total. The first kappa shape index (κ1) is 8.00. The maximum Gasteiger partial charge on any atom is 0.270 e. The highest BCUT2D eigenvalue weighted by atomic mass is 16.7. The molecular weight excluding hydrogens is 170 g/mol. The van der Waals surface area contributed by atoms with Gasteiger partial charge in [0.1, 0.15) is 5.69 Å². The molecule has 0 fully saturated rings. The molecule has 0 aliphatic carbocycles. The van der Waals surface area contributed by atoms with Crippen molar-refractivity contribution in [1.82, 2.24) is 4.98 Å². The van der Waals surface area contributed by atoms with Crippen LogP contribution < -0.4 is 10.4 Å². The van der Waals surface area contributed by atoms with Gasteiger partial charge in [0, 0.05) is 6.20 Å². The van der Waals surface area contributed by atoms with E-state index >= 15 is 0 Å². The Balaban J connectivity index is 2.45. The fraction of sp³-hybridized carbons (Fsp3) is 0.250. The zero-order valence-electron chi connectivity index (χ0n) is 7.15. The highest BCUT2D eigenvalue weighted by Gasteiger charge is 2.24. The van der Waals surface area contributed by atoms with Crippen LogP contribution in [0.4, 0.5) is 11.5 Å². The van der Waals surface area contributed by atoms with E-state index in [2.05, 4.69) is 10.3 Å². The van der Waals surface area contributed by atoms with E-state index in [1.807, 2.05) is 0 Å². The first-order valence-corrected chi connectivity index (χ1v) is 3.89. The third kappa shape index (κ3) is 1.23. The first-order valence-electron chi connectivity index (χ1n) is 3.89. The summed E-state index contributed by atoms with van der Waals surface area (Å²) in [6.45, 7) is 0.220. The Kier molecular flexibility index (Phi) is 1.86. The number of pyridine rings is 1. The fourth-order valence-electron chi connectivity index (χ4n) is 1.26. The topological polar surface area (TPSA) is 54.5 Å². The Morgan fingerprint density at radius 3 is 3.31 bits per heavy atom. The van der Waals surface area contributed by atoms with Crippen molar-refractivity contribution in [3.05, 3.63) is 18.3 Å². The van der Waals surface area contributed by atoms with Gasteiger partial charge in [-0.05, 0) is 12.1 Å². The number of nitrogens with zero attached hydrogens (tertiary/aromatic N) is 2. The van der Waals surface area contributed by atoms with Crippen LogP contribution in [0.15, 0.2) is 18.3 Å². The van der Waals surface area contributed by atoms with Crippen molar-refractivity contribution in [1.29, 1.82) is 0 Å². The Bertz CT molecular complexity index is 340. The molecule has 0 unspecified atom stereocenters. The van der Waals surface area contributed by atoms with Gasteiger partial charge < -0.3 is 5.32 Å². The van der Waals surface area contributed by atoms with Crippen molar-refractivity contribution >= 4 is 17.4 Å². The second-order valence-corrected chi connectivity index (χ2v) is 2.60. The molecule has 0 saturated heterocycles. The molecule has 5 nitrogen and oxygen atoms in total. The van der Waals surface area contributed by atoms with Gasteiger partial charge in [0.25, 0.3) is 5.91 Å². The summed E-state index contributed by atoms with van der Waals surface area (Å²) >= 11 is 0. The van der Waals surface area contributed by atoms with E-state index in [4.69, 9.17) is 4.84 Å². The summed E-state index contributed by atoms with van der Waals surface area (Å²) in [5.74, 6) is 0.548. The second-order valence-electron chi connectivity index (χ2n) is 2.60. The number of rotatable bonds is 1. The summed E-state index contributed by atoms with van der Waals surface area (Å²) in [4.78, 5) is 20.3. The molecule has 1 aromatic heterocycles. The zero-order chi connectivity index (χ0) is 9.26. The Labute approximate surface area is 75.3 Å². The van der Waals surface area contributed by atoms with Crippen LogP contribution in [0.3, 0.4) is 0 Å². The molecule has 0 saturated carbocycles. The smallest absolute Gasteiger partial charge is 0.270 e. The van der Waals surface area contributed by atoms with E-state index in [-0.39, 0.29) is 12.5 Å². The molecule has 0 radical (unpaired) electrons. The van der Waals surface area contributed by atoms with Gasteiger partial charge in [0.15, 0.2) is 5.82 Å². The maximum atomic E-state index is 11.3. The predicted octanol–water partition coefficient (Wildman–Crippen LogP) is 0.401. The molecule has 0 aromatic carbocycles. The van der Waals surface area contributed by atoms with Gasteiger partial charge >= 0.3 is 0 Å². The number of carbonyl (C=O) groups is 1. The van der Waals surface area contributed by atoms with E-state index in [0.717, 1.165) is 0 Å². The van der Waals surface area contributed by atoms with Crippen LogP contribution >= 0.6 is 0 Å². The van der Waals surface area contributed by atoms with Crippen LogP contribution in [-0.2, 0) is 9.63 Å². The molecule has 1 aromatic rings. The minimum absolute atomic E-state index is 0.122. The minimum atomic E-state index is -0.122. The third-order valence-corrected chi connectivity index (χ3v) is 1.82. The lowest BCUT2D eigenvalue weighted by atomic mass is 10.3.